The normalized spacial score (nSPS) is 11.0. The van der Waals surface area contributed by atoms with Gasteiger partial charge in [0, 0.05) is 0 Å². The Morgan fingerprint density at radius 3 is 2.28 bits per heavy atom. The molecule has 18 heavy (non-hydrogen) atoms. The summed E-state index contributed by atoms with van der Waals surface area (Å²) >= 11 is 0. The van der Waals surface area contributed by atoms with Gasteiger partial charge in [-0.3, -0.25) is 0 Å². The van der Waals surface area contributed by atoms with E-state index in [1.54, 1.807) is 12.1 Å². The molecule has 0 fully saturated rings. The zero-order valence-corrected chi connectivity index (χ0v) is 10.8. The summed E-state index contributed by atoms with van der Waals surface area (Å²) < 4.78 is 27.1. The van der Waals surface area contributed by atoms with Gasteiger partial charge in [-0.2, -0.15) is 0 Å². The van der Waals surface area contributed by atoms with E-state index in [2.05, 4.69) is 0 Å². The van der Waals surface area contributed by atoms with Crippen LogP contribution in [-0.2, 0) is 0 Å². The van der Waals surface area contributed by atoms with Gasteiger partial charge in [0.2, 0.25) is 0 Å². The van der Waals surface area contributed by atoms with Gasteiger partial charge in [0.25, 0.3) is 0 Å². The molecule has 0 heterocycles. The fourth-order valence-electron chi connectivity index (χ4n) is 2.29. The van der Waals surface area contributed by atoms with Crippen molar-refractivity contribution in [3.63, 3.8) is 0 Å². The van der Waals surface area contributed by atoms with E-state index in [1.807, 2.05) is 26.8 Å². The molecule has 94 valence electrons. The number of rotatable bonds is 2. The van der Waals surface area contributed by atoms with Crippen LogP contribution in [0.15, 0.2) is 36.4 Å². The molecular weight excluding hydrogens is 230 g/mol. The maximum Gasteiger partial charge on any atom is 0.127 e. The minimum absolute atomic E-state index is 0.0886. The molecule has 2 rings (SSSR count). The first kappa shape index (κ1) is 12.7. The monoisotopic (exact) mass is 246 g/mol. The number of benzene rings is 2. The Morgan fingerprint density at radius 1 is 0.944 bits per heavy atom. The highest BCUT2D eigenvalue weighted by atomic mass is 19.1. The zero-order valence-electron chi connectivity index (χ0n) is 10.8. The molecule has 0 saturated heterocycles. The van der Waals surface area contributed by atoms with Gasteiger partial charge in [-0.1, -0.05) is 32.0 Å². The zero-order chi connectivity index (χ0) is 13.3. The molecule has 0 bridgehead atoms. The lowest BCUT2D eigenvalue weighted by Gasteiger charge is -2.15. The van der Waals surface area contributed by atoms with Crippen molar-refractivity contribution in [2.45, 2.75) is 26.7 Å². The van der Waals surface area contributed by atoms with Gasteiger partial charge < -0.3 is 0 Å². The van der Waals surface area contributed by atoms with Crippen LogP contribution in [0.5, 0.6) is 0 Å². The molecule has 0 amide bonds. The summed E-state index contributed by atoms with van der Waals surface area (Å²) in [6.45, 7) is 5.76. The Hall–Kier alpha value is -1.70. The second-order valence-electron chi connectivity index (χ2n) is 4.82. The number of hydrogen-bond donors (Lipinski definition) is 0. The second-order valence-corrected chi connectivity index (χ2v) is 4.82. The van der Waals surface area contributed by atoms with Crippen LogP contribution in [0.25, 0.3) is 11.1 Å². The third-order valence-corrected chi connectivity index (χ3v) is 3.11. The Labute approximate surface area is 106 Å². The molecular formula is C16H16F2. The van der Waals surface area contributed by atoms with E-state index in [9.17, 15) is 8.78 Å². The third-order valence-electron chi connectivity index (χ3n) is 3.11. The standard InChI is InChI=1S/C16H16F2/c1-10(2)16-14(5-4-6-15(16)18)13-8-7-12(17)9-11(13)3/h4-10H,1-3H3. The minimum atomic E-state index is -0.265. The van der Waals surface area contributed by atoms with Gasteiger partial charge >= 0.3 is 0 Å². The molecule has 0 radical (unpaired) electrons. The second kappa shape index (κ2) is 4.89. The summed E-state index contributed by atoms with van der Waals surface area (Å²) in [6, 6.07) is 9.66. The minimum Gasteiger partial charge on any atom is -0.207 e. The van der Waals surface area contributed by atoms with Crippen molar-refractivity contribution in [1.82, 2.24) is 0 Å². The Morgan fingerprint density at radius 2 is 1.67 bits per heavy atom. The molecule has 0 nitrogen and oxygen atoms in total. The van der Waals surface area contributed by atoms with E-state index >= 15 is 0 Å². The predicted molar refractivity (Wildman–Crippen MR) is 70.6 cm³/mol. The summed E-state index contributed by atoms with van der Waals surface area (Å²) in [6.07, 6.45) is 0. The van der Waals surface area contributed by atoms with Crippen molar-refractivity contribution in [2.24, 2.45) is 0 Å². The van der Waals surface area contributed by atoms with Gasteiger partial charge in [0.15, 0.2) is 0 Å². The molecule has 0 aromatic heterocycles. The van der Waals surface area contributed by atoms with Crippen molar-refractivity contribution in [1.29, 1.82) is 0 Å². The highest BCUT2D eigenvalue weighted by Crippen LogP contribution is 2.33. The van der Waals surface area contributed by atoms with Crippen LogP contribution in [0.4, 0.5) is 8.78 Å². The van der Waals surface area contributed by atoms with Crippen LogP contribution in [-0.4, -0.2) is 0 Å². The van der Waals surface area contributed by atoms with Crippen molar-refractivity contribution < 1.29 is 8.78 Å². The van der Waals surface area contributed by atoms with Crippen LogP contribution in [0.2, 0.25) is 0 Å². The highest BCUT2D eigenvalue weighted by Gasteiger charge is 2.14. The van der Waals surface area contributed by atoms with Gasteiger partial charge in [-0.15, -0.1) is 0 Å². The van der Waals surface area contributed by atoms with Crippen molar-refractivity contribution in [3.05, 3.63) is 59.2 Å². The number of aryl methyl sites for hydroxylation is 1. The first-order valence-electron chi connectivity index (χ1n) is 6.05. The molecule has 0 aliphatic heterocycles. The lowest BCUT2D eigenvalue weighted by Crippen LogP contribution is -1.98. The number of hydrogen-bond acceptors (Lipinski definition) is 0. The largest absolute Gasteiger partial charge is 0.207 e. The molecule has 2 aromatic rings. The Balaban J connectivity index is 2.67. The Bertz CT molecular complexity index is 571. The maximum atomic E-state index is 13.9. The lowest BCUT2D eigenvalue weighted by atomic mass is 9.90. The van der Waals surface area contributed by atoms with E-state index in [4.69, 9.17) is 0 Å². The average Bonchev–Trinajstić information content (AvgIpc) is 2.28. The molecule has 0 spiro atoms. The fraction of sp³-hybridized carbons (Fsp3) is 0.250. The van der Waals surface area contributed by atoms with E-state index in [0.717, 1.165) is 16.7 Å². The summed E-state index contributed by atoms with van der Waals surface area (Å²) in [7, 11) is 0. The van der Waals surface area contributed by atoms with Crippen molar-refractivity contribution in [3.8, 4) is 11.1 Å². The number of halogens is 2. The maximum absolute atomic E-state index is 13.9. The van der Waals surface area contributed by atoms with E-state index in [1.165, 1.54) is 18.2 Å². The van der Waals surface area contributed by atoms with Crippen molar-refractivity contribution in [2.75, 3.05) is 0 Å². The van der Waals surface area contributed by atoms with Gasteiger partial charge in [-0.05, 0) is 53.3 Å². The molecule has 0 N–H and O–H groups in total. The fourth-order valence-corrected chi connectivity index (χ4v) is 2.29. The van der Waals surface area contributed by atoms with Crippen LogP contribution < -0.4 is 0 Å². The van der Waals surface area contributed by atoms with Crippen LogP contribution in [0.1, 0.15) is 30.9 Å². The lowest BCUT2D eigenvalue weighted by molar-refractivity contribution is 0.599. The van der Waals surface area contributed by atoms with Gasteiger partial charge in [-0.25, -0.2) is 8.78 Å². The van der Waals surface area contributed by atoms with Gasteiger partial charge in [0.1, 0.15) is 11.6 Å². The van der Waals surface area contributed by atoms with Crippen LogP contribution in [0, 0.1) is 18.6 Å². The summed E-state index contributed by atoms with van der Waals surface area (Å²) in [5.74, 6) is -0.379. The van der Waals surface area contributed by atoms with Crippen LogP contribution >= 0.6 is 0 Å². The predicted octanol–water partition coefficient (Wildman–Crippen LogP) is 5.06. The highest BCUT2D eigenvalue weighted by molar-refractivity contribution is 5.71. The molecule has 2 aromatic carbocycles. The molecule has 0 unspecified atom stereocenters. The SMILES string of the molecule is Cc1cc(F)ccc1-c1cccc(F)c1C(C)C. The Kier molecular flexibility index (Phi) is 3.46. The van der Waals surface area contributed by atoms with E-state index < -0.39 is 0 Å². The van der Waals surface area contributed by atoms with Crippen molar-refractivity contribution >= 4 is 0 Å². The molecule has 0 aliphatic rings. The molecule has 0 atom stereocenters. The average molecular weight is 246 g/mol. The third kappa shape index (κ3) is 2.28. The molecule has 0 aliphatic carbocycles. The summed E-state index contributed by atoms with van der Waals surface area (Å²) in [4.78, 5) is 0. The first-order chi connectivity index (χ1) is 8.50. The van der Waals surface area contributed by atoms with Gasteiger partial charge in [0.05, 0.1) is 0 Å². The van der Waals surface area contributed by atoms with E-state index in [-0.39, 0.29) is 17.6 Å². The first-order valence-corrected chi connectivity index (χ1v) is 6.05. The quantitative estimate of drug-likeness (QED) is 0.694. The summed E-state index contributed by atoms with van der Waals surface area (Å²) in [5, 5.41) is 0. The van der Waals surface area contributed by atoms with Crippen LogP contribution in [0.3, 0.4) is 0 Å². The molecule has 0 saturated carbocycles. The summed E-state index contributed by atoms with van der Waals surface area (Å²) in [5.41, 5.74) is 3.25. The van der Waals surface area contributed by atoms with E-state index in [0.29, 0.717) is 5.56 Å². The smallest absolute Gasteiger partial charge is 0.127 e. The molecule has 2 heteroatoms. The topological polar surface area (TPSA) is 0 Å².